The van der Waals surface area contributed by atoms with Crippen molar-refractivity contribution in [3.63, 3.8) is 0 Å². The molecule has 6 heteroatoms. The van der Waals surface area contributed by atoms with Crippen LogP contribution in [0.1, 0.15) is 23.6 Å². The first-order chi connectivity index (χ1) is 13.1. The Morgan fingerprint density at radius 1 is 1.11 bits per heavy atom. The van der Waals surface area contributed by atoms with Gasteiger partial charge in [0, 0.05) is 31.4 Å². The summed E-state index contributed by atoms with van der Waals surface area (Å²) in [4.78, 5) is 26.6. The fraction of sp³-hybridized carbons (Fsp3) is 0.238. The van der Waals surface area contributed by atoms with E-state index in [0.29, 0.717) is 18.6 Å². The van der Waals surface area contributed by atoms with Gasteiger partial charge in [-0.1, -0.05) is 48.5 Å². The number of rotatable bonds is 6. The predicted molar refractivity (Wildman–Crippen MR) is 98.3 cm³/mol. The second-order valence-corrected chi connectivity index (χ2v) is 6.23. The van der Waals surface area contributed by atoms with Crippen LogP contribution in [0.5, 0.6) is 0 Å². The Hall–Kier alpha value is -2.99. The Balaban J connectivity index is 2.14. The number of benzene rings is 2. The summed E-state index contributed by atoms with van der Waals surface area (Å²) in [5.41, 5.74) is 0.467. The van der Waals surface area contributed by atoms with Crippen molar-refractivity contribution in [1.29, 1.82) is 0 Å². The summed E-state index contributed by atoms with van der Waals surface area (Å²) in [5, 5.41) is 10.8. The van der Waals surface area contributed by atoms with Crippen LogP contribution in [0.2, 0.25) is 0 Å². The van der Waals surface area contributed by atoms with Gasteiger partial charge in [-0.15, -0.1) is 0 Å². The van der Waals surface area contributed by atoms with Crippen molar-refractivity contribution < 1.29 is 23.8 Å². The van der Waals surface area contributed by atoms with Crippen LogP contribution in [-0.4, -0.2) is 42.0 Å². The summed E-state index contributed by atoms with van der Waals surface area (Å²) >= 11 is 0. The van der Waals surface area contributed by atoms with E-state index in [2.05, 4.69) is 0 Å². The van der Waals surface area contributed by atoms with E-state index in [9.17, 15) is 19.1 Å². The number of methoxy groups -OCH3 is 1. The molecule has 0 bridgehead atoms. The van der Waals surface area contributed by atoms with Crippen molar-refractivity contribution in [2.24, 2.45) is 0 Å². The van der Waals surface area contributed by atoms with Gasteiger partial charge >= 0.3 is 0 Å². The average molecular weight is 369 g/mol. The lowest BCUT2D eigenvalue weighted by Gasteiger charge is -2.25. The zero-order valence-corrected chi connectivity index (χ0v) is 14.9. The van der Waals surface area contributed by atoms with E-state index in [-0.39, 0.29) is 23.4 Å². The minimum Gasteiger partial charge on any atom is -0.507 e. The number of halogens is 1. The number of hydrogen-bond acceptors (Lipinski definition) is 4. The monoisotopic (exact) mass is 369 g/mol. The molecule has 1 fully saturated rings. The number of ether oxygens (including phenoxy) is 1. The highest BCUT2D eigenvalue weighted by molar-refractivity contribution is 6.46. The molecule has 0 unspecified atom stereocenters. The number of aliphatic hydroxyl groups is 1. The summed E-state index contributed by atoms with van der Waals surface area (Å²) in [5.74, 6) is -2.42. The summed E-state index contributed by atoms with van der Waals surface area (Å²) in [6.07, 6.45) is 0.486. The highest BCUT2D eigenvalue weighted by atomic mass is 19.1. The SMILES string of the molecule is COCCCN1C(=O)C(=O)/C(=C(/O)c2ccccc2)[C@H]1c1ccccc1F. The number of ketones is 1. The fourth-order valence-electron chi connectivity index (χ4n) is 3.26. The number of carbonyl (C=O) groups is 2. The Kier molecular flexibility index (Phi) is 5.66. The number of Topliss-reactive ketones (excluding diaryl/α,β-unsaturated/α-hetero) is 1. The largest absolute Gasteiger partial charge is 0.507 e. The molecule has 1 aliphatic heterocycles. The Labute approximate surface area is 156 Å². The minimum absolute atomic E-state index is 0.103. The zero-order chi connectivity index (χ0) is 19.4. The topological polar surface area (TPSA) is 66.8 Å². The van der Waals surface area contributed by atoms with Crippen LogP contribution >= 0.6 is 0 Å². The normalized spacial score (nSPS) is 18.9. The van der Waals surface area contributed by atoms with Crippen LogP contribution in [0.25, 0.3) is 5.76 Å². The predicted octanol–water partition coefficient (Wildman–Crippen LogP) is 3.28. The van der Waals surface area contributed by atoms with Crippen molar-refractivity contribution >= 4 is 17.4 Å². The molecular formula is C21H20FNO4. The lowest BCUT2D eigenvalue weighted by molar-refractivity contribution is -0.140. The van der Waals surface area contributed by atoms with Crippen molar-refractivity contribution in [1.82, 2.24) is 4.90 Å². The third kappa shape index (κ3) is 3.61. The highest BCUT2D eigenvalue weighted by Gasteiger charge is 2.46. The van der Waals surface area contributed by atoms with E-state index in [1.807, 2.05) is 0 Å². The maximum Gasteiger partial charge on any atom is 0.295 e. The zero-order valence-electron chi connectivity index (χ0n) is 14.9. The lowest BCUT2D eigenvalue weighted by Crippen LogP contribution is -2.31. The van der Waals surface area contributed by atoms with Gasteiger partial charge in [-0.3, -0.25) is 9.59 Å². The molecule has 1 N–H and O–H groups in total. The van der Waals surface area contributed by atoms with Crippen LogP contribution in [-0.2, 0) is 14.3 Å². The van der Waals surface area contributed by atoms with Gasteiger partial charge in [0.05, 0.1) is 11.6 Å². The standard InChI is InChI=1S/C21H20FNO4/c1-27-13-7-12-23-18(15-10-5-6-11-16(15)22)17(20(25)21(23)26)19(24)14-8-3-2-4-9-14/h2-6,8-11,18,24H,7,12-13H2,1H3/b19-17+/t18-/m1/s1. The molecule has 0 saturated carbocycles. The second-order valence-electron chi connectivity index (χ2n) is 6.23. The van der Waals surface area contributed by atoms with Crippen LogP contribution in [0.4, 0.5) is 4.39 Å². The maximum absolute atomic E-state index is 14.5. The molecule has 0 aliphatic carbocycles. The molecular weight excluding hydrogens is 349 g/mol. The van der Waals surface area contributed by atoms with Crippen molar-refractivity contribution in [2.45, 2.75) is 12.5 Å². The van der Waals surface area contributed by atoms with Gasteiger partial charge in [-0.05, 0) is 12.5 Å². The molecule has 140 valence electrons. The maximum atomic E-state index is 14.5. The Morgan fingerprint density at radius 2 is 1.78 bits per heavy atom. The van der Waals surface area contributed by atoms with Gasteiger partial charge in [0.25, 0.3) is 11.7 Å². The van der Waals surface area contributed by atoms with Crippen LogP contribution in [0.3, 0.4) is 0 Å². The number of hydrogen-bond donors (Lipinski definition) is 1. The van der Waals surface area contributed by atoms with E-state index < -0.39 is 23.5 Å². The van der Waals surface area contributed by atoms with Crippen molar-refractivity contribution in [2.75, 3.05) is 20.3 Å². The second kappa shape index (κ2) is 8.14. The first kappa shape index (κ1) is 18.8. The minimum atomic E-state index is -0.983. The molecule has 1 atom stereocenters. The summed E-state index contributed by atoms with van der Waals surface area (Å²) < 4.78 is 19.5. The fourth-order valence-corrected chi connectivity index (χ4v) is 3.26. The average Bonchev–Trinajstić information content (AvgIpc) is 2.93. The van der Waals surface area contributed by atoms with E-state index in [0.717, 1.165) is 0 Å². The van der Waals surface area contributed by atoms with Crippen LogP contribution in [0, 0.1) is 5.82 Å². The molecule has 3 rings (SSSR count). The number of carbonyl (C=O) groups excluding carboxylic acids is 2. The summed E-state index contributed by atoms with van der Waals surface area (Å²) in [6.45, 7) is 0.606. The molecule has 27 heavy (non-hydrogen) atoms. The molecule has 2 aromatic carbocycles. The summed E-state index contributed by atoms with van der Waals surface area (Å²) in [7, 11) is 1.54. The third-order valence-electron chi connectivity index (χ3n) is 4.53. The van der Waals surface area contributed by atoms with Crippen LogP contribution < -0.4 is 0 Å². The quantitative estimate of drug-likeness (QED) is 0.367. The van der Waals surface area contributed by atoms with E-state index in [1.54, 1.807) is 36.4 Å². The van der Waals surface area contributed by atoms with Crippen molar-refractivity contribution in [3.05, 3.63) is 77.1 Å². The summed E-state index contributed by atoms with van der Waals surface area (Å²) in [6, 6.07) is 13.4. The first-order valence-electron chi connectivity index (χ1n) is 8.63. The van der Waals surface area contributed by atoms with Crippen molar-refractivity contribution in [3.8, 4) is 0 Å². The molecule has 5 nitrogen and oxygen atoms in total. The highest BCUT2D eigenvalue weighted by Crippen LogP contribution is 2.40. The number of nitrogens with zero attached hydrogens (tertiary/aromatic N) is 1. The van der Waals surface area contributed by atoms with Gasteiger partial charge in [-0.25, -0.2) is 4.39 Å². The van der Waals surface area contributed by atoms with E-state index in [1.165, 1.54) is 30.2 Å². The third-order valence-corrected chi connectivity index (χ3v) is 4.53. The Bertz CT molecular complexity index is 879. The van der Waals surface area contributed by atoms with Gasteiger partial charge in [0.2, 0.25) is 0 Å². The van der Waals surface area contributed by atoms with Gasteiger partial charge in [-0.2, -0.15) is 0 Å². The number of amides is 1. The molecule has 0 spiro atoms. The lowest BCUT2D eigenvalue weighted by atomic mass is 9.95. The van der Waals surface area contributed by atoms with E-state index >= 15 is 0 Å². The first-order valence-corrected chi connectivity index (χ1v) is 8.63. The smallest absolute Gasteiger partial charge is 0.295 e. The molecule has 1 heterocycles. The van der Waals surface area contributed by atoms with E-state index in [4.69, 9.17) is 4.74 Å². The molecule has 1 saturated heterocycles. The molecule has 0 aromatic heterocycles. The van der Waals surface area contributed by atoms with Crippen LogP contribution in [0.15, 0.2) is 60.2 Å². The molecule has 2 aromatic rings. The molecule has 0 radical (unpaired) electrons. The molecule has 1 amide bonds. The number of likely N-dealkylation sites (tertiary alicyclic amines) is 1. The van der Waals surface area contributed by atoms with Gasteiger partial charge in [0.1, 0.15) is 11.6 Å². The van der Waals surface area contributed by atoms with Gasteiger partial charge in [0.15, 0.2) is 0 Å². The molecule has 1 aliphatic rings. The van der Waals surface area contributed by atoms with Gasteiger partial charge < -0.3 is 14.7 Å². The number of aliphatic hydroxyl groups excluding tert-OH is 1. The Morgan fingerprint density at radius 3 is 2.44 bits per heavy atom.